The molecule has 0 aromatic heterocycles. The minimum atomic E-state index is 0.237. The van der Waals surface area contributed by atoms with Gasteiger partial charge in [-0.1, -0.05) is 32.6 Å². The fraction of sp³-hybridized carbons (Fsp3) is 1.00. The zero-order valence-electron chi connectivity index (χ0n) is 18.2. The molecule has 0 spiro atoms. The number of unbranched alkanes of at least 4 members (excludes halogenated alkanes) is 1. The Balaban J connectivity index is 1.26. The number of piperidine rings is 1. The number of rotatable bonds is 7. The maximum Gasteiger partial charge on any atom is 0.122 e. The summed E-state index contributed by atoms with van der Waals surface area (Å²) >= 11 is 0. The number of hydrogen-bond acceptors (Lipinski definition) is 5. The molecule has 4 fully saturated rings. The second kappa shape index (κ2) is 10.2. The molecule has 28 heavy (non-hydrogen) atoms. The summed E-state index contributed by atoms with van der Waals surface area (Å²) in [6.45, 7) is 8.50. The molecule has 2 bridgehead atoms. The van der Waals surface area contributed by atoms with Gasteiger partial charge < -0.3 is 9.47 Å². The maximum atomic E-state index is 6.37. The molecule has 4 aliphatic rings. The smallest absolute Gasteiger partial charge is 0.122 e. The normalized spacial score (nSPS) is 37.8. The number of morpholine rings is 1. The van der Waals surface area contributed by atoms with E-state index in [0.29, 0.717) is 5.54 Å². The van der Waals surface area contributed by atoms with E-state index in [0.717, 1.165) is 44.9 Å². The van der Waals surface area contributed by atoms with Gasteiger partial charge in [-0.2, -0.15) is 0 Å². The molecule has 162 valence electrons. The molecule has 4 saturated heterocycles. The molecule has 0 aliphatic carbocycles. The fourth-order valence-electron chi connectivity index (χ4n) is 6.30. The van der Waals surface area contributed by atoms with E-state index in [1.54, 1.807) is 0 Å². The standard InChI is InChI=1S/C23H43N3O2/c1-2-20-9-4-3-5-11-23-12-8-10-21(20)26(23)24-22(19-23)28-16-7-6-13-25-14-17-27-18-15-25/h20-22,24H,2-19H2,1H3. The zero-order valence-corrected chi connectivity index (χ0v) is 18.2. The third kappa shape index (κ3) is 4.92. The molecule has 4 heterocycles. The van der Waals surface area contributed by atoms with Gasteiger partial charge in [0.2, 0.25) is 0 Å². The van der Waals surface area contributed by atoms with Gasteiger partial charge in [-0.15, -0.1) is 0 Å². The van der Waals surface area contributed by atoms with Crippen molar-refractivity contribution in [2.75, 3.05) is 39.5 Å². The zero-order chi connectivity index (χ0) is 19.2. The maximum absolute atomic E-state index is 6.37. The molecule has 4 atom stereocenters. The molecule has 4 unspecified atom stereocenters. The lowest BCUT2D eigenvalue weighted by Gasteiger charge is -2.48. The van der Waals surface area contributed by atoms with Crippen molar-refractivity contribution >= 4 is 0 Å². The highest BCUT2D eigenvalue weighted by Gasteiger charge is 2.51. The van der Waals surface area contributed by atoms with Crippen LogP contribution in [0.25, 0.3) is 0 Å². The Morgan fingerprint density at radius 2 is 1.89 bits per heavy atom. The highest BCUT2D eigenvalue weighted by molar-refractivity contribution is 5.03. The van der Waals surface area contributed by atoms with Crippen molar-refractivity contribution in [2.45, 2.75) is 102 Å². The molecular formula is C23H43N3O2. The van der Waals surface area contributed by atoms with Crippen LogP contribution in [0.3, 0.4) is 0 Å². The molecule has 0 radical (unpaired) electrons. The van der Waals surface area contributed by atoms with Gasteiger partial charge in [0.1, 0.15) is 6.23 Å². The number of ether oxygens (including phenoxy) is 2. The average Bonchev–Trinajstić information content (AvgIpc) is 3.10. The summed E-state index contributed by atoms with van der Waals surface area (Å²) in [5.74, 6) is 0.859. The number of nitrogens with zero attached hydrogens (tertiary/aromatic N) is 2. The van der Waals surface area contributed by atoms with Crippen LogP contribution in [0.2, 0.25) is 0 Å². The quantitative estimate of drug-likeness (QED) is 0.663. The Kier molecular flexibility index (Phi) is 7.67. The molecule has 0 amide bonds. The first-order valence-corrected chi connectivity index (χ1v) is 12.3. The van der Waals surface area contributed by atoms with Crippen molar-refractivity contribution in [1.29, 1.82) is 0 Å². The van der Waals surface area contributed by atoms with Crippen molar-refractivity contribution in [3.05, 3.63) is 0 Å². The minimum Gasteiger partial charge on any atom is -0.379 e. The lowest BCUT2D eigenvalue weighted by Crippen LogP contribution is -2.58. The Labute approximate surface area is 172 Å². The lowest BCUT2D eigenvalue weighted by atomic mass is 9.77. The molecule has 4 rings (SSSR count). The van der Waals surface area contributed by atoms with Crippen molar-refractivity contribution in [3.63, 3.8) is 0 Å². The highest BCUT2D eigenvalue weighted by Crippen LogP contribution is 2.46. The van der Waals surface area contributed by atoms with Gasteiger partial charge in [0.05, 0.1) is 13.2 Å². The molecule has 0 aromatic carbocycles. The first-order chi connectivity index (χ1) is 13.8. The fourth-order valence-corrected chi connectivity index (χ4v) is 6.30. The SMILES string of the molecule is CCC1CCCCCC23CCCC1N2NC(OCCCCN1CCOCC1)C3. The van der Waals surface area contributed by atoms with E-state index in [1.165, 1.54) is 83.6 Å². The summed E-state index contributed by atoms with van der Waals surface area (Å²) in [6.07, 6.45) is 16.4. The summed E-state index contributed by atoms with van der Waals surface area (Å²) in [6, 6.07) is 0.728. The first kappa shape index (κ1) is 21.0. The molecule has 4 aliphatic heterocycles. The largest absolute Gasteiger partial charge is 0.379 e. The summed E-state index contributed by atoms with van der Waals surface area (Å²) in [5, 5.41) is 2.73. The Morgan fingerprint density at radius 3 is 2.75 bits per heavy atom. The van der Waals surface area contributed by atoms with Crippen LogP contribution in [-0.4, -0.2) is 67.2 Å². The van der Waals surface area contributed by atoms with Gasteiger partial charge in [0.15, 0.2) is 0 Å². The number of hydrazine groups is 1. The number of hydrogen-bond donors (Lipinski definition) is 1. The van der Waals surface area contributed by atoms with Crippen LogP contribution in [0.15, 0.2) is 0 Å². The van der Waals surface area contributed by atoms with E-state index >= 15 is 0 Å². The van der Waals surface area contributed by atoms with E-state index in [1.807, 2.05) is 0 Å². The minimum absolute atomic E-state index is 0.237. The second-order valence-electron chi connectivity index (χ2n) is 9.68. The second-order valence-corrected chi connectivity index (χ2v) is 9.68. The number of nitrogens with one attached hydrogen (secondary N) is 1. The van der Waals surface area contributed by atoms with Crippen LogP contribution in [-0.2, 0) is 9.47 Å². The van der Waals surface area contributed by atoms with E-state index in [9.17, 15) is 0 Å². The molecule has 0 aromatic rings. The lowest BCUT2D eigenvalue weighted by molar-refractivity contribution is -0.0479. The Bertz CT molecular complexity index is 471. The van der Waals surface area contributed by atoms with Crippen molar-refractivity contribution < 1.29 is 9.47 Å². The summed E-state index contributed by atoms with van der Waals surface area (Å²) in [4.78, 5) is 2.53. The van der Waals surface area contributed by atoms with Crippen LogP contribution in [0.4, 0.5) is 0 Å². The van der Waals surface area contributed by atoms with E-state index < -0.39 is 0 Å². The van der Waals surface area contributed by atoms with Gasteiger partial charge in [-0.05, 0) is 57.4 Å². The van der Waals surface area contributed by atoms with Crippen LogP contribution in [0, 0.1) is 5.92 Å². The molecule has 0 saturated carbocycles. The molecule has 1 N–H and O–H groups in total. The van der Waals surface area contributed by atoms with Crippen molar-refractivity contribution in [3.8, 4) is 0 Å². The van der Waals surface area contributed by atoms with E-state index in [4.69, 9.17) is 9.47 Å². The first-order valence-electron chi connectivity index (χ1n) is 12.3. The predicted molar refractivity (Wildman–Crippen MR) is 113 cm³/mol. The van der Waals surface area contributed by atoms with Crippen molar-refractivity contribution in [1.82, 2.24) is 15.3 Å². The van der Waals surface area contributed by atoms with Crippen LogP contribution in [0.5, 0.6) is 0 Å². The summed E-state index contributed by atoms with van der Waals surface area (Å²) in [7, 11) is 0. The topological polar surface area (TPSA) is 37.0 Å². The van der Waals surface area contributed by atoms with E-state index in [2.05, 4.69) is 22.3 Å². The monoisotopic (exact) mass is 393 g/mol. The van der Waals surface area contributed by atoms with Crippen molar-refractivity contribution in [2.24, 2.45) is 5.92 Å². The van der Waals surface area contributed by atoms with Crippen LogP contribution in [0.1, 0.15) is 84.0 Å². The van der Waals surface area contributed by atoms with Gasteiger partial charge in [-0.3, -0.25) is 4.90 Å². The molecule has 5 nitrogen and oxygen atoms in total. The summed E-state index contributed by atoms with van der Waals surface area (Å²) in [5.41, 5.74) is 4.24. The van der Waals surface area contributed by atoms with Crippen LogP contribution < -0.4 is 5.43 Å². The Morgan fingerprint density at radius 1 is 1.04 bits per heavy atom. The molecule has 5 heteroatoms. The average molecular weight is 394 g/mol. The third-order valence-corrected chi connectivity index (χ3v) is 7.91. The summed E-state index contributed by atoms with van der Waals surface area (Å²) < 4.78 is 11.8. The van der Waals surface area contributed by atoms with Gasteiger partial charge in [0, 0.05) is 37.7 Å². The predicted octanol–water partition coefficient (Wildman–Crippen LogP) is 3.93. The van der Waals surface area contributed by atoms with Gasteiger partial charge in [-0.25, -0.2) is 10.4 Å². The van der Waals surface area contributed by atoms with E-state index in [-0.39, 0.29) is 6.23 Å². The third-order valence-electron chi connectivity index (χ3n) is 7.91. The van der Waals surface area contributed by atoms with Crippen LogP contribution >= 0.6 is 0 Å². The molecular weight excluding hydrogens is 350 g/mol. The van der Waals surface area contributed by atoms with Gasteiger partial charge in [0.25, 0.3) is 0 Å². The van der Waals surface area contributed by atoms with Gasteiger partial charge >= 0.3 is 0 Å². The highest BCUT2D eigenvalue weighted by atomic mass is 16.5. The Hall–Kier alpha value is -0.200.